The van der Waals surface area contributed by atoms with Gasteiger partial charge in [-0.05, 0) is 289 Å². The topological polar surface area (TPSA) is 65.5 Å². The summed E-state index contributed by atoms with van der Waals surface area (Å²) in [5.74, 6) is 0. The van der Waals surface area contributed by atoms with Crippen LogP contribution in [-0.2, 0) is 0 Å². The van der Waals surface area contributed by atoms with Crippen molar-refractivity contribution < 1.29 is 17.7 Å². The Morgan fingerprint density at radius 3 is 0.697 bits per heavy atom. The maximum Gasteiger partial charge on any atom is 0.159 e. The second kappa shape index (κ2) is 31.9. The predicted octanol–water partition coefficient (Wildman–Crippen LogP) is 39.3. The fraction of sp³-hybridized carbons (Fsp3) is 0.0149. The molecule has 4 heterocycles. The van der Waals surface area contributed by atoms with Gasteiger partial charge in [0.25, 0.3) is 0 Å². The number of hydrogen-bond donors (Lipinski definition) is 0. The van der Waals surface area contributed by atoms with Gasteiger partial charge in [0.15, 0.2) is 22.3 Å². The van der Waals surface area contributed by atoms with Crippen molar-refractivity contribution in [3.63, 3.8) is 0 Å². The average molecular weight is 1810 g/mol. The van der Waals surface area contributed by atoms with E-state index in [9.17, 15) is 0 Å². The van der Waals surface area contributed by atoms with E-state index in [0.717, 1.165) is 161 Å². The molecule has 30 rings (SSSR count). The van der Waals surface area contributed by atoms with E-state index in [0.29, 0.717) is 0 Å². The second-order valence-corrected chi connectivity index (χ2v) is 37.7. The molecule has 0 aliphatic heterocycles. The number of anilines is 12. The highest BCUT2D eigenvalue weighted by molar-refractivity contribution is 6.34. The summed E-state index contributed by atoms with van der Waals surface area (Å²) >= 11 is 0. The van der Waals surface area contributed by atoms with Crippen LogP contribution in [0.4, 0.5) is 68.2 Å². The highest BCUT2D eigenvalue weighted by Gasteiger charge is 2.29. The van der Waals surface area contributed by atoms with Crippen molar-refractivity contribution >= 4 is 285 Å². The van der Waals surface area contributed by atoms with E-state index in [4.69, 9.17) is 17.7 Å². The first kappa shape index (κ1) is 80.5. The van der Waals surface area contributed by atoms with Gasteiger partial charge in [-0.15, -0.1) is 0 Å². The number of benzene rings is 26. The molecule has 0 unspecified atom stereocenters. The zero-order valence-corrected chi connectivity index (χ0v) is 77.5. The van der Waals surface area contributed by atoms with E-state index >= 15 is 0 Å². The lowest BCUT2D eigenvalue weighted by Crippen LogP contribution is -2.10. The van der Waals surface area contributed by atoms with Crippen molar-refractivity contribution in [1.82, 2.24) is 0 Å². The molecule has 0 saturated heterocycles. The van der Waals surface area contributed by atoms with Crippen molar-refractivity contribution in [2.75, 3.05) is 19.6 Å². The standard InChI is InChI=1S/C74H44N2O2.C60H40N2O2/c1-3-15-54-45(13-1)27-29-47-31-34-51(42-65(47)54)75(68-23-11-21-63-59-18-7-9-25-70(59)77-73(63)68)50-36-39-56-49(41-50)33-38-62-58-40-37-53(44-67(58)57-17-5-6-20-61(57)72(56)62)76(69-24-12-22-64-60-19-8-10-26-71(60)78-74(64)69)52-35-32-48-30-28-46-14-2-4-16-55(46)66(48)43-52;1-37-21-26-40(27-22-37)61(54-17-9-15-51-47-12-5-7-19-56(47)63-59(51)54)42-30-33-44-39(35-42)25-32-50-46-34-31-43(36-53(46)45-11-3-4-14-49(45)58(44)50)62(41-28-23-38(2)24-29-41)55-18-10-16-52-48-13-6-8-20-57(48)64-60(52)55/h1-44H;3-36H,1-2H3. The molecule has 0 spiro atoms. The van der Waals surface area contributed by atoms with Gasteiger partial charge in [0.1, 0.15) is 22.3 Å². The van der Waals surface area contributed by atoms with Crippen molar-refractivity contribution in [1.29, 1.82) is 0 Å². The van der Waals surface area contributed by atoms with E-state index in [1.54, 1.807) is 0 Å². The van der Waals surface area contributed by atoms with E-state index in [-0.39, 0.29) is 0 Å². The van der Waals surface area contributed by atoms with Gasteiger partial charge in [0, 0.05) is 88.6 Å². The number of aryl methyl sites for hydroxylation is 2. The van der Waals surface area contributed by atoms with Gasteiger partial charge in [-0.25, -0.2) is 0 Å². The third kappa shape index (κ3) is 12.7. The van der Waals surface area contributed by atoms with Crippen molar-refractivity contribution in [2.45, 2.75) is 13.8 Å². The molecule has 8 heteroatoms. The summed E-state index contributed by atoms with van der Waals surface area (Å²) in [5.41, 5.74) is 21.8. The largest absolute Gasteiger partial charge is 0.454 e. The Balaban J connectivity index is 0.000000138. The molecule has 0 fully saturated rings. The van der Waals surface area contributed by atoms with Crippen molar-refractivity contribution in [3.05, 3.63) is 484 Å². The maximum absolute atomic E-state index is 6.81. The van der Waals surface area contributed by atoms with Crippen molar-refractivity contribution in [2.24, 2.45) is 0 Å². The van der Waals surface area contributed by atoms with Gasteiger partial charge < -0.3 is 37.3 Å². The number of fused-ring (bicyclic) bond motifs is 34. The fourth-order valence-electron chi connectivity index (χ4n) is 23.1. The Bertz CT molecular complexity index is 10500. The Hall–Kier alpha value is -18.8. The molecule has 0 saturated carbocycles. The molecule has 0 amide bonds. The van der Waals surface area contributed by atoms with Crippen LogP contribution in [0.2, 0.25) is 0 Å². The van der Waals surface area contributed by atoms with Crippen LogP contribution >= 0.6 is 0 Å². The molecule has 0 bridgehead atoms. The molecule has 142 heavy (non-hydrogen) atoms. The molecular formula is C134H84N4O4. The smallest absolute Gasteiger partial charge is 0.159 e. The summed E-state index contributed by atoms with van der Waals surface area (Å²) in [4.78, 5) is 9.45. The minimum absolute atomic E-state index is 0.855. The average Bonchev–Trinajstić information content (AvgIpc) is 0.974. The minimum Gasteiger partial charge on any atom is -0.454 e. The Morgan fingerprint density at radius 1 is 0.134 bits per heavy atom. The molecule has 0 N–H and O–H groups in total. The summed E-state index contributed by atoms with van der Waals surface area (Å²) in [5, 5.41) is 37.9. The summed E-state index contributed by atoms with van der Waals surface area (Å²) in [6.07, 6.45) is 0. The van der Waals surface area contributed by atoms with E-state index in [2.05, 4.69) is 476 Å². The number of nitrogens with zero attached hydrogens (tertiary/aromatic N) is 4. The lowest BCUT2D eigenvalue weighted by atomic mass is 9.90. The number of furan rings is 4. The molecule has 0 atom stereocenters. The van der Waals surface area contributed by atoms with E-state index < -0.39 is 0 Å². The van der Waals surface area contributed by atoms with Crippen LogP contribution in [0.5, 0.6) is 0 Å². The van der Waals surface area contributed by atoms with Gasteiger partial charge in [-0.2, -0.15) is 0 Å². The van der Waals surface area contributed by atoms with Gasteiger partial charge >= 0.3 is 0 Å². The highest BCUT2D eigenvalue weighted by Crippen LogP contribution is 2.54. The van der Waals surface area contributed by atoms with Crippen LogP contribution in [0.15, 0.2) is 491 Å². The lowest BCUT2D eigenvalue weighted by molar-refractivity contribution is 0.668. The summed E-state index contributed by atoms with van der Waals surface area (Å²) < 4.78 is 26.9. The minimum atomic E-state index is 0.855. The van der Waals surface area contributed by atoms with Gasteiger partial charge in [-0.1, -0.05) is 339 Å². The first-order valence-corrected chi connectivity index (χ1v) is 48.6. The Morgan fingerprint density at radius 2 is 0.352 bits per heavy atom. The van der Waals surface area contributed by atoms with Gasteiger partial charge in [0.05, 0.1) is 22.7 Å². The van der Waals surface area contributed by atoms with Crippen LogP contribution in [0, 0.1) is 13.8 Å². The molecular weight excluding hydrogens is 1730 g/mol. The molecule has 664 valence electrons. The first-order chi connectivity index (χ1) is 70.2. The summed E-state index contributed by atoms with van der Waals surface area (Å²) in [6.45, 7) is 4.27. The summed E-state index contributed by atoms with van der Waals surface area (Å²) in [6, 6.07) is 172. The molecule has 8 nitrogen and oxygen atoms in total. The summed E-state index contributed by atoms with van der Waals surface area (Å²) in [7, 11) is 0. The maximum atomic E-state index is 6.81. The van der Waals surface area contributed by atoms with Crippen LogP contribution in [-0.4, -0.2) is 0 Å². The van der Waals surface area contributed by atoms with Crippen LogP contribution in [0.25, 0.3) is 217 Å². The van der Waals surface area contributed by atoms with Gasteiger partial charge in [-0.3, -0.25) is 0 Å². The Kier molecular flexibility index (Phi) is 18.1. The second-order valence-electron chi connectivity index (χ2n) is 37.7. The molecule has 0 radical (unpaired) electrons. The van der Waals surface area contributed by atoms with E-state index in [1.807, 2.05) is 30.3 Å². The molecule has 26 aromatic carbocycles. The SMILES string of the molecule is Cc1ccc(N(c2ccc3c(ccc4c5ccc(N(c6ccc(C)cc6)c6cccc7c6oc6ccccc67)cc5c5ccccc5c34)c2)c2cccc3c2oc2ccccc23)cc1.c1ccc2c(c1)ccc1ccc(N(c3ccc4c(ccc5c6ccc(N(c7ccc8ccc9ccccc9c8c7)c7cccc8c7oc7ccccc78)cc6c6ccccc6c45)c3)c3cccc4c3oc3ccccc34)cc12. The van der Waals surface area contributed by atoms with E-state index in [1.165, 1.54) is 135 Å². The zero-order valence-electron chi connectivity index (χ0n) is 77.5. The quantitative estimate of drug-likeness (QED) is 0.112. The Labute approximate surface area is 815 Å². The third-order valence-corrected chi connectivity index (χ3v) is 29.7. The normalized spacial score (nSPS) is 12.0. The number of hydrogen-bond acceptors (Lipinski definition) is 8. The number of rotatable bonds is 12. The molecule has 0 aliphatic rings. The highest BCUT2D eigenvalue weighted by atomic mass is 16.3. The molecule has 30 aromatic rings. The monoisotopic (exact) mass is 1810 g/mol. The lowest BCUT2D eigenvalue weighted by Gasteiger charge is -2.27. The van der Waals surface area contributed by atoms with Crippen molar-refractivity contribution in [3.8, 4) is 0 Å². The fourth-order valence-corrected chi connectivity index (χ4v) is 23.1. The third-order valence-electron chi connectivity index (χ3n) is 29.7. The van der Waals surface area contributed by atoms with Gasteiger partial charge in [0.2, 0.25) is 0 Å². The number of para-hydroxylation sites is 8. The molecule has 0 aliphatic carbocycles. The molecule has 4 aromatic heterocycles. The zero-order chi connectivity index (χ0) is 93.5. The van der Waals surface area contributed by atoms with Crippen LogP contribution in [0.3, 0.4) is 0 Å². The van der Waals surface area contributed by atoms with Crippen LogP contribution < -0.4 is 19.6 Å². The first-order valence-electron chi connectivity index (χ1n) is 48.6. The predicted molar refractivity (Wildman–Crippen MR) is 600 cm³/mol. The van der Waals surface area contributed by atoms with Crippen LogP contribution in [0.1, 0.15) is 11.1 Å².